The summed E-state index contributed by atoms with van der Waals surface area (Å²) in [6.07, 6.45) is 8.10. The third-order valence-corrected chi connectivity index (χ3v) is 28.9. The molecular formula is C92H186O30. The van der Waals surface area contributed by atoms with Crippen molar-refractivity contribution in [2.45, 2.75) is 214 Å². The molecule has 0 aliphatic rings. The summed E-state index contributed by atoms with van der Waals surface area (Å²) >= 11 is 0. The second kappa shape index (κ2) is 63.0. The van der Waals surface area contributed by atoms with Crippen molar-refractivity contribution >= 4 is 0 Å². The summed E-state index contributed by atoms with van der Waals surface area (Å²) in [5.74, 6) is 0. The molecule has 0 bridgehead atoms. The molecule has 0 aromatic heterocycles. The van der Waals surface area contributed by atoms with E-state index >= 15 is 0 Å². The molecular weight excluding hydrogens is 1580 g/mol. The summed E-state index contributed by atoms with van der Waals surface area (Å²) in [5.41, 5.74) is -12.4. The van der Waals surface area contributed by atoms with E-state index in [0.29, 0.717) is 109 Å². The fraction of sp³-hybridized carbons (Fsp3) is 1.00. The Hall–Kier alpha value is -1.20. The van der Waals surface area contributed by atoms with Gasteiger partial charge in [-0.25, -0.2) is 0 Å². The summed E-state index contributed by atoms with van der Waals surface area (Å²) < 4.78 is 98.7. The van der Waals surface area contributed by atoms with Crippen LogP contribution in [0.5, 0.6) is 0 Å². The highest BCUT2D eigenvalue weighted by Gasteiger charge is 2.45. The molecule has 0 saturated heterocycles. The quantitative estimate of drug-likeness (QED) is 0.0288. The SMILES string of the molecule is CCC(CC)(CO)COCC(CC)(CO)COCC(CC)(COCC(CC)(CO)COCC(CC)(COCC(CC)(CO)COC)COCC(CC)(COCC(CC)(CO)CO)COCC(CC)(COCC(CC)(CO)CO)COCC(CC)(CO)COCC(CC)(CO)CO)COCC(CC)(COCC(CC)(CO)CO)COCC(CC)(CO)CO. The van der Waals surface area contributed by atoms with Crippen LogP contribution in [-0.2, 0) is 71.1 Å². The average molecular weight is 1770 g/mol. The fourth-order valence-corrected chi connectivity index (χ4v) is 14.1. The van der Waals surface area contributed by atoms with Gasteiger partial charge in [0.1, 0.15) is 0 Å². The number of aliphatic hydroxyl groups excluding tert-OH is 15. The standard InChI is InChI=1S/C92H186O30/c1-18-78(19-2,34-93)50-109-57-85(26-9,46-105)59-116-70-92(33-16,77-120-72-88(29-12,63-111-52-80(21-4,37-96)38-97)64-112-53-81(22-5,39-98)40-99)71-119-62-87(28-11,48-107)61-118-69-91(32-15,67-115-56-84(25-8,45-104)49-108-17)76-122-75-90(31-14,66-114-55-83(24-7,43-102)44-103)74-121-73-89(30-13,65-113-54-82(23-6,41-100)42-101)68-117-60-86(27-10,47-106)58-110-51-79(20-3,35-94)36-95/h93-107H,18-77H2,1-17H3. The lowest BCUT2D eigenvalue weighted by Gasteiger charge is -2.40. The van der Waals surface area contributed by atoms with Crippen LogP contribution in [0.15, 0.2) is 0 Å². The van der Waals surface area contributed by atoms with E-state index < -0.39 is 81.2 Å². The molecule has 0 fully saturated rings. The highest BCUT2D eigenvalue weighted by Crippen LogP contribution is 2.39. The van der Waals surface area contributed by atoms with E-state index in [1.807, 2.05) is 111 Å². The van der Waals surface area contributed by atoms with Gasteiger partial charge in [-0.1, -0.05) is 111 Å². The van der Waals surface area contributed by atoms with Crippen molar-refractivity contribution in [1.29, 1.82) is 0 Å². The molecule has 30 heteroatoms. The number of methoxy groups -OCH3 is 1. The second-order valence-electron chi connectivity index (χ2n) is 37.9. The van der Waals surface area contributed by atoms with Gasteiger partial charge < -0.3 is 148 Å². The molecule has 0 radical (unpaired) electrons. The van der Waals surface area contributed by atoms with Crippen molar-refractivity contribution in [2.24, 2.45) is 81.2 Å². The van der Waals surface area contributed by atoms with Crippen molar-refractivity contribution in [1.82, 2.24) is 0 Å². The Morgan fingerprint density at radius 1 is 0.115 bits per heavy atom. The zero-order chi connectivity index (χ0) is 92.5. The normalized spacial score (nSPS) is 17.2. The lowest BCUT2D eigenvalue weighted by molar-refractivity contribution is -0.152. The van der Waals surface area contributed by atoms with Gasteiger partial charge in [-0.3, -0.25) is 0 Å². The molecule has 0 saturated carbocycles. The maximum absolute atomic E-state index is 11.6. The third kappa shape index (κ3) is 38.2. The van der Waals surface area contributed by atoms with Crippen molar-refractivity contribution in [2.75, 3.05) is 298 Å². The molecule has 0 amide bonds. The summed E-state index contributed by atoms with van der Waals surface area (Å²) in [6.45, 7) is 30.3. The first kappa shape index (κ1) is 121. The lowest BCUT2D eigenvalue weighted by atomic mass is 9.83. The van der Waals surface area contributed by atoms with Crippen LogP contribution in [0.2, 0.25) is 0 Å². The molecule has 0 aliphatic heterocycles. The maximum Gasteiger partial charge on any atom is 0.0566 e. The van der Waals surface area contributed by atoms with E-state index in [4.69, 9.17) is 71.1 Å². The predicted octanol–water partition coefficient (Wildman–Crippen LogP) is 7.11. The fourth-order valence-electron chi connectivity index (χ4n) is 14.1. The Kier molecular flexibility index (Phi) is 62.4. The minimum absolute atomic E-state index is 0.0276. The molecule has 122 heavy (non-hydrogen) atoms. The van der Waals surface area contributed by atoms with Crippen molar-refractivity contribution in [3.63, 3.8) is 0 Å². The molecule has 0 rings (SSSR count). The van der Waals surface area contributed by atoms with E-state index in [9.17, 15) is 76.6 Å². The molecule has 0 aromatic rings. The largest absolute Gasteiger partial charge is 0.396 e. The summed E-state index contributed by atoms with van der Waals surface area (Å²) in [4.78, 5) is 0. The van der Waals surface area contributed by atoms with Crippen molar-refractivity contribution < 1.29 is 148 Å². The Balaban J connectivity index is 8.05. The van der Waals surface area contributed by atoms with E-state index in [-0.39, 0.29) is 284 Å². The van der Waals surface area contributed by atoms with E-state index in [1.54, 1.807) is 7.11 Å². The first-order chi connectivity index (χ1) is 58.3. The number of ether oxygens (including phenoxy) is 15. The van der Waals surface area contributed by atoms with Gasteiger partial charge in [-0.15, -0.1) is 0 Å². The summed E-state index contributed by atoms with van der Waals surface area (Å²) in [5, 5.41) is 159. The second-order valence-corrected chi connectivity index (χ2v) is 37.9. The van der Waals surface area contributed by atoms with Gasteiger partial charge in [0.15, 0.2) is 0 Å². The van der Waals surface area contributed by atoms with Gasteiger partial charge in [0.05, 0.1) is 291 Å². The van der Waals surface area contributed by atoms with Gasteiger partial charge in [-0.2, -0.15) is 0 Å². The molecule has 0 spiro atoms. The third-order valence-electron chi connectivity index (χ3n) is 28.9. The van der Waals surface area contributed by atoms with Crippen LogP contribution in [0, 0.1) is 81.2 Å². The first-order valence-corrected chi connectivity index (χ1v) is 46.1. The van der Waals surface area contributed by atoms with Gasteiger partial charge in [0.25, 0.3) is 0 Å². The van der Waals surface area contributed by atoms with Crippen LogP contribution in [-0.4, -0.2) is 374 Å². The number of aliphatic hydroxyl groups is 15. The van der Waals surface area contributed by atoms with E-state index in [1.165, 1.54) is 0 Å². The average Bonchev–Trinajstić information content (AvgIpc) is 0.828. The number of rotatable bonds is 89. The first-order valence-electron chi connectivity index (χ1n) is 46.1. The molecule has 0 heterocycles. The molecule has 734 valence electrons. The Morgan fingerprint density at radius 3 is 0.287 bits per heavy atom. The Bertz CT molecular complexity index is 2390. The van der Waals surface area contributed by atoms with Gasteiger partial charge in [0, 0.05) is 88.3 Å². The van der Waals surface area contributed by atoms with Crippen LogP contribution in [0.3, 0.4) is 0 Å². The van der Waals surface area contributed by atoms with Gasteiger partial charge in [-0.05, 0) is 103 Å². The van der Waals surface area contributed by atoms with Crippen LogP contribution in [0.1, 0.15) is 214 Å². The Labute approximate surface area is 737 Å². The van der Waals surface area contributed by atoms with Crippen molar-refractivity contribution in [3.8, 4) is 0 Å². The smallest absolute Gasteiger partial charge is 0.0566 e. The maximum atomic E-state index is 11.6. The van der Waals surface area contributed by atoms with Crippen LogP contribution >= 0.6 is 0 Å². The highest BCUT2D eigenvalue weighted by molar-refractivity contribution is 4.92. The molecule has 8 atom stereocenters. The molecule has 30 nitrogen and oxygen atoms in total. The zero-order valence-corrected chi connectivity index (χ0v) is 79.8. The summed E-state index contributed by atoms with van der Waals surface area (Å²) in [7, 11) is 1.58. The van der Waals surface area contributed by atoms with Crippen LogP contribution in [0.25, 0.3) is 0 Å². The molecule has 8 unspecified atom stereocenters. The molecule has 0 aromatic carbocycles. The van der Waals surface area contributed by atoms with E-state index in [0.717, 1.165) is 0 Å². The predicted molar refractivity (Wildman–Crippen MR) is 471 cm³/mol. The van der Waals surface area contributed by atoms with E-state index in [2.05, 4.69) is 0 Å². The molecule has 15 N–H and O–H groups in total. The topological polar surface area (TPSA) is 442 Å². The summed E-state index contributed by atoms with van der Waals surface area (Å²) in [6, 6.07) is 0. The van der Waals surface area contributed by atoms with Gasteiger partial charge >= 0.3 is 0 Å². The monoisotopic (exact) mass is 1770 g/mol. The van der Waals surface area contributed by atoms with Crippen molar-refractivity contribution in [3.05, 3.63) is 0 Å². The highest BCUT2D eigenvalue weighted by atomic mass is 16.6. The zero-order valence-electron chi connectivity index (χ0n) is 79.8. The minimum Gasteiger partial charge on any atom is -0.396 e. The minimum atomic E-state index is -0.958. The number of hydrogen-bond acceptors (Lipinski definition) is 30. The van der Waals surface area contributed by atoms with Crippen LogP contribution < -0.4 is 0 Å². The van der Waals surface area contributed by atoms with Gasteiger partial charge in [0.2, 0.25) is 0 Å². The lowest BCUT2D eigenvalue weighted by Crippen LogP contribution is -2.46. The number of hydrogen-bond donors (Lipinski definition) is 15. The Morgan fingerprint density at radius 2 is 0.197 bits per heavy atom. The van der Waals surface area contributed by atoms with Crippen LogP contribution in [0.4, 0.5) is 0 Å². The molecule has 0 aliphatic carbocycles.